The van der Waals surface area contributed by atoms with E-state index < -0.39 is 20.9 Å². The summed E-state index contributed by atoms with van der Waals surface area (Å²) in [5.41, 5.74) is 0.659. The lowest BCUT2D eigenvalue weighted by Crippen LogP contribution is -2.34. The molecule has 0 saturated carbocycles. The first-order valence-electron chi connectivity index (χ1n) is 9.32. The summed E-state index contributed by atoms with van der Waals surface area (Å²) < 4.78 is 32.7. The van der Waals surface area contributed by atoms with Crippen molar-refractivity contribution >= 4 is 50.3 Å². The second-order valence-electron chi connectivity index (χ2n) is 6.57. The van der Waals surface area contributed by atoms with E-state index in [1.165, 1.54) is 49.6 Å². The zero-order valence-electron chi connectivity index (χ0n) is 17.1. The van der Waals surface area contributed by atoms with Gasteiger partial charge in [0.25, 0.3) is 21.6 Å². The number of thiocarbonyl (C=S) groups is 1. The van der Waals surface area contributed by atoms with Crippen LogP contribution in [-0.2, 0) is 10.0 Å². The number of nitro groups is 1. The van der Waals surface area contributed by atoms with Crippen LogP contribution in [0.2, 0.25) is 0 Å². The molecule has 0 atom stereocenters. The Morgan fingerprint density at radius 2 is 1.64 bits per heavy atom. The predicted molar refractivity (Wildman–Crippen MR) is 127 cm³/mol. The van der Waals surface area contributed by atoms with Gasteiger partial charge in [0.2, 0.25) is 0 Å². The Morgan fingerprint density at radius 3 is 2.24 bits per heavy atom. The Morgan fingerprint density at radius 1 is 1.00 bits per heavy atom. The fourth-order valence-electron chi connectivity index (χ4n) is 2.69. The van der Waals surface area contributed by atoms with Gasteiger partial charge in [-0.2, -0.15) is 0 Å². The number of rotatable bonds is 7. The Bertz CT molecular complexity index is 1290. The number of carbonyl (C=O) groups excluding carboxylic acids is 1. The van der Waals surface area contributed by atoms with Gasteiger partial charge in [-0.05, 0) is 66.8 Å². The van der Waals surface area contributed by atoms with E-state index in [4.69, 9.17) is 17.0 Å². The van der Waals surface area contributed by atoms with Crippen LogP contribution in [-0.4, -0.2) is 31.5 Å². The van der Waals surface area contributed by atoms with E-state index in [-0.39, 0.29) is 21.3 Å². The molecule has 0 aromatic heterocycles. The highest BCUT2D eigenvalue weighted by Gasteiger charge is 2.15. The fraction of sp³-hybridized carbons (Fsp3) is 0.0476. The molecule has 33 heavy (non-hydrogen) atoms. The van der Waals surface area contributed by atoms with E-state index in [0.717, 1.165) is 6.07 Å². The van der Waals surface area contributed by atoms with Crippen LogP contribution in [0.15, 0.2) is 77.7 Å². The Hall–Kier alpha value is -4.03. The molecule has 3 N–H and O–H groups in total. The molecule has 12 heteroatoms. The highest BCUT2D eigenvalue weighted by Crippen LogP contribution is 2.20. The minimum Gasteiger partial charge on any atom is -0.497 e. The molecule has 0 radical (unpaired) electrons. The van der Waals surface area contributed by atoms with Crippen LogP contribution in [0.1, 0.15) is 10.4 Å². The molecule has 0 heterocycles. The number of ether oxygens (including phenoxy) is 1. The minimum atomic E-state index is -3.82. The normalized spacial score (nSPS) is 10.7. The quantitative estimate of drug-likeness (QED) is 0.262. The van der Waals surface area contributed by atoms with Crippen molar-refractivity contribution in [3.8, 4) is 5.75 Å². The van der Waals surface area contributed by atoms with Crippen LogP contribution >= 0.6 is 12.2 Å². The van der Waals surface area contributed by atoms with E-state index in [0.29, 0.717) is 17.1 Å². The lowest BCUT2D eigenvalue weighted by Gasteiger charge is -2.11. The monoisotopic (exact) mass is 486 g/mol. The number of non-ortho nitro benzene ring substituents is 1. The number of hydrogen-bond donors (Lipinski definition) is 3. The van der Waals surface area contributed by atoms with Gasteiger partial charge in [0, 0.05) is 29.1 Å². The lowest BCUT2D eigenvalue weighted by molar-refractivity contribution is -0.384. The van der Waals surface area contributed by atoms with Gasteiger partial charge < -0.3 is 10.1 Å². The Balaban J connectivity index is 1.62. The van der Waals surface area contributed by atoms with Crippen molar-refractivity contribution in [3.05, 3.63) is 88.5 Å². The summed E-state index contributed by atoms with van der Waals surface area (Å²) in [4.78, 5) is 22.5. The average molecular weight is 487 g/mol. The maximum Gasteiger partial charge on any atom is 0.270 e. The van der Waals surface area contributed by atoms with Crippen molar-refractivity contribution in [1.82, 2.24) is 5.32 Å². The van der Waals surface area contributed by atoms with Crippen molar-refractivity contribution in [2.24, 2.45) is 0 Å². The molecule has 1 amide bonds. The zero-order valence-corrected chi connectivity index (χ0v) is 18.8. The first-order chi connectivity index (χ1) is 15.7. The molecule has 0 aliphatic rings. The van der Waals surface area contributed by atoms with Crippen LogP contribution in [0.3, 0.4) is 0 Å². The Labute approximate surface area is 194 Å². The summed E-state index contributed by atoms with van der Waals surface area (Å²) >= 11 is 5.09. The number of sulfonamides is 1. The highest BCUT2D eigenvalue weighted by atomic mass is 32.2. The van der Waals surface area contributed by atoms with Crippen molar-refractivity contribution in [2.45, 2.75) is 4.90 Å². The van der Waals surface area contributed by atoms with Gasteiger partial charge >= 0.3 is 0 Å². The summed E-state index contributed by atoms with van der Waals surface area (Å²) in [5.74, 6) is -0.0268. The Kier molecular flexibility index (Phi) is 7.20. The average Bonchev–Trinajstić information content (AvgIpc) is 2.79. The maximum atomic E-state index is 12.6. The molecule has 0 saturated heterocycles. The fourth-order valence-corrected chi connectivity index (χ4v) is 3.96. The first-order valence-corrected chi connectivity index (χ1v) is 11.2. The molecule has 3 rings (SSSR count). The van der Waals surface area contributed by atoms with Gasteiger partial charge in [0.1, 0.15) is 5.75 Å². The van der Waals surface area contributed by atoms with E-state index in [2.05, 4.69) is 15.4 Å². The van der Waals surface area contributed by atoms with Gasteiger partial charge in [-0.1, -0.05) is 6.07 Å². The molecule has 3 aromatic carbocycles. The second-order valence-corrected chi connectivity index (χ2v) is 8.66. The van der Waals surface area contributed by atoms with E-state index in [9.17, 15) is 23.3 Å². The molecule has 0 unspecified atom stereocenters. The predicted octanol–water partition coefficient (Wildman–Crippen LogP) is 3.53. The van der Waals surface area contributed by atoms with Crippen LogP contribution in [0.25, 0.3) is 0 Å². The third kappa shape index (κ3) is 6.24. The largest absolute Gasteiger partial charge is 0.497 e. The number of anilines is 2. The molecule has 0 spiro atoms. The molecule has 0 aliphatic carbocycles. The minimum absolute atomic E-state index is 0.0235. The third-order valence-electron chi connectivity index (χ3n) is 4.31. The molecule has 10 nitrogen and oxygen atoms in total. The smallest absolute Gasteiger partial charge is 0.270 e. The summed E-state index contributed by atoms with van der Waals surface area (Å²) in [5, 5.41) is 16.0. The van der Waals surface area contributed by atoms with Gasteiger partial charge in [-0.15, -0.1) is 0 Å². The number of benzene rings is 3. The lowest BCUT2D eigenvalue weighted by atomic mass is 10.2. The molecule has 170 valence electrons. The topological polar surface area (TPSA) is 140 Å². The number of nitrogens with one attached hydrogen (secondary N) is 3. The van der Waals surface area contributed by atoms with Crippen LogP contribution in [0, 0.1) is 10.1 Å². The molecule has 0 fully saturated rings. The number of carbonyl (C=O) groups is 1. The molecular weight excluding hydrogens is 468 g/mol. The van der Waals surface area contributed by atoms with Gasteiger partial charge in [-0.3, -0.25) is 24.9 Å². The van der Waals surface area contributed by atoms with Crippen molar-refractivity contribution in [3.63, 3.8) is 0 Å². The summed E-state index contributed by atoms with van der Waals surface area (Å²) in [6.07, 6.45) is 0. The van der Waals surface area contributed by atoms with Crippen molar-refractivity contribution in [2.75, 3.05) is 17.1 Å². The summed E-state index contributed by atoms with van der Waals surface area (Å²) in [7, 11) is -2.31. The van der Waals surface area contributed by atoms with Crippen molar-refractivity contribution < 1.29 is 22.9 Å². The van der Waals surface area contributed by atoms with Gasteiger partial charge in [-0.25, -0.2) is 8.42 Å². The summed E-state index contributed by atoms with van der Waals surface area (Å²) in [6, 6.07) is 17.3. The number of amides is 1. The van der Waals surface area contributed by atoms with Crippen LogP contribution in [0.4, 0.5) is 17.1 Å². The number of methoxy groups -OCH3 is 1. The van der Waals surface area contributed by atoms with Crippen LogP contribution in [0.5, 0.6) is 5.75 Å². The maximum absolute atomic E-state index is 12.6. The molecule has 0 aliphatic heterocycles. The number of nitro benzene ring substituents is 1. The zero-order chi connectivity index (χ0) is 24.0. The number of nitrogens with zero attached hydrogens (tertiary/aromatic N) is 1. The van der Waals surface area contributed by atoms with Crippen molar-refractivity contribution in [1.29, 1.82) is 0 Å². The van der Waals surface area contributed by atoms with E-state index in [1.54, 1.807) is 24.3 Å². The molecular formula is C21H18N4O6S2. The summed E-state index contributed by atoms with van der Waals surface area (Å²) in [6.45, 7) is 0. The first kappa shape index (κ1) is 23.6. The van der Waals surface area contributed by atoms with Gasteiger partial charge in [0.15, 0.2) is 5.11 Å². The van der Waals surface area contributed by atoms with E-state index >= 15 is 0 Å². The second kappa shape index (κ2) is 10.1. The molecule has 0 bridgehead atoms. The SMILES string of the molecule is COc1ccc(NS(=O)(=O)c2ccc(NC(=S)NC(=O)c3cccc([N+](=O)[O-])c3)cc2)cc1. The van der Waals surface area contributed by atoms with Gasteiger partial charge in [0.05, 0.1) is 16.9 Å². The molecule has 3 aromatic rings. The van der Waals surface area contributed by atoms with Crippen LogP contribution < -0.4 is 20.1 Å². The standard InChI is InChI=1S/C21H18N4O6S2/c1-31-18-9-5-16(6-10-18)24-33(29,30)19-11-7-15(8-12-19)22-21(32)23-20(26)14-3-2-4-17(13-14)25(27)28/h2-13,24H,1H3,(H2,22,23,26,32). The van der Waals surface area contributed by atoms with E-state index in [1.807, 2.05) is 0 Å². The highest BCUT2D eigenvalue weighted by molar-refractivity contribution is 7.92. The number of hydrogen-bond acceptors (Lipinski definition) is 7. The third-order valence-corrected chi connectivity index (χ3v) is 5.91.